The summed E-state index contributed by atoms with van der Waals surface area (Å²) in [5.41, 5.74) is 1.24. The molecule has 1 aromatic heterocycles. The lowest BCUT2D eigenvalue weighted by atomic mass is 10.2. The minimum atomic E-state index is -0.591. The highest BCUT2D eigenvalue weighted by Gasteiger charge is 2.22. The molecule has 0 unspecified atom stereocenters. The van der Waals surface area contributed by atoms with E-state index in [0.717, 1.165) is 5.69 Å². The van der Waals surface area contributed by atoms with Crippen LogP contribution < -0.4 is 4.90 Å². The first-order chi connectivity index (χ1) is 12.1. The maximum Gasteiger partial charge on any atom is 0.357 e. The third kappa shape index (κ3) is 4.48. The van der Waals surface area contributed by atoms with E-state index < -0.39 is 5.97 Å². The Morgan fingerprint density at radius 1 is 1.08 bits per heavy atom. The van der Waals surface area contributed by atoms with Crippen molar-refractivity contribution < 1.29 is 14.3 Å². The molecule has 0 bridgehead atoms. The van der Waals surface area contributed by atoms with Gasteiger partial charge in [-0.1, -0.05) is 23.7 Å². The number of halogens is 1. The van der Waals surface area contributed by atoms with Gasteiger partial charge in [0, 0.05) is 43.1 Å². The molecule has 1 aliphatic heterocycles. The van der Waals surface area contributed by atoms with Crippen LogP contribution in [0.2, 0.25) is 5.02 Å². The van der Waals surface area contributed by atoms with Crippen molar-refractivity contribution in [3.8, 4) is 0 Å². The molecule has 0 aliphatic carbocycles. The number of ether oxygens (including phenoxy) is 1. The number of hydrogen-bond acceptors (Lipinski definition) is 5. The zero-order valence-corrected chi connectivity index (χ0v) is 14.4. The number of amides is 1. The van der Waals surface area contributed by atoms with E-state index in [2.05, 4.69) is 9.88 Å². The van der Waals surface area contributed by atoms with Crippen LogP contribution in [0.1, 0.15) is 10.5 Å². The van der Waals surface area contributed by atoms with E-state index in [-0.39, 0.29) is 18.2 Å². The van der Waals surface area contributed by atoms with Crippen LogP contribution in [0.3, 0.4) is 0 Å². The number of pyridine rings is 1. The number of carbonyl (C=O) groups excluding carboxylic acids is 2. The molecule has 1 aromatic carbocycles. The van der Waals surface area contributed by atoms with E-state index >= 15 is 0 Å². The maximum atomic E-state index is 12.2. The third-order valence-corrected chi connectivity index (χ3v) is 4.24. The number of nitrogens with zero attached hydrogens (tertiary/aromatic N) is 3. The summed E-state index contributed by atoms with van der Waals surface area (Å²) in [6.45, 7) is 2.30. The fourth-order valence-electron chi connectivity index (χ4n) is 2.66. The van der Waals surface area contributed by atoms with Gasteiger partial charge in [0.2, 0.25) is 0 Å². The Labute approximate surface area is 151 Å². The Morgan fingerprint density at radius 2 is 1.88 bits per heavy atom. The van der Waals surface area contributed by atoms with Gasteiger partial charge in [-0.3, -0.25) is 4.79 Å². The number of esters is 1. The van der Waals surface area contributed by atoms with Crippen molar-refractivity contribution in [2.75, 3.05) is 37.7 Å². The summed E-state index contributed by atoms with van der Waals surface area (Å²) in [6, 6.07) is 12.6. The molecule has 7 heteroatoms. The molecule has 0 saturated carbocycles. The first-order valence-corrected chi connectivity index (χ1v) is 8.38. The number of piperazine rings is 1. The molecule has 1 aliphatic rings. The number of anilines is 1. The van der Waals surface area contributed by atoms with Crippen molar-refractivity contribution in [1.82, 2.24) is 9.88 Å². The second-order valence-corrected chi connectivity index (χ2v) is 6.08. The molecule has 1 saturated heterocycles. The molecular weight excluding hydrogens is 342 g/mol. The second kappa shape index (κ2) is 7.98. The Morgan fingerprint density at radius 3 is 2.56 bits per heavy atom. The zero-order chi connectivity index (χ0) is 17.6. The first-order valence-electron chi connectivity index (χ1n) is 8.00. The predicted molar refractivity (Wildman–Crippen MR) is 94.8 cm³/mol. The van der Waals surface area contributed by atoms with Crippen LogP contribution >= 0.6 is 11.6 Å². The van der Waals surface area contributed by atoms with E-state index in [9.17, 15) is 9.59 Å². The summed E-state index contributed by atoms with van der Waals surface area (Å²) in [5.74, 6) is -0.790. The van der Waals surface area contributed by atoms with Gasteiger partial charge in [0.1, 0.15) is 5.69 Å². The van der Waals surface area contributed by atoms with Crippen LogP contribution in [-0.2, 0) is 9.53 Å². The number of benzene rings is 1. The highest BCUT2D eigenvalue weighted by atomic mass is 35.5. The van der Waals surface area contributed by atoms with E-state index in [0.29, 0.717) is 31.2 Å². The highest BCUT2D eigenvalue weighted by molar-refractivity contribution is 6.30. The second-order valence-electron chi connectivity index (χ2n) is 5.64. The van der Waals surface area contributed by atoms with Crippen molar-refractivity contribution in [1.29, 1.82) is 0 Å². The van der Waals surface area contributed by atoms with Crippen LogP contribution in [0.15, 0.2) is 48.7 Å². The topological polar surface area (TPSA) is 62.7 Å². The lowest BCUT2D eigenvalue weighted by Gasteiger charge is -2.36. The van der Waals surface area contributed by atoms with Crippen LogP contribution in [0, 0.1) is 0 Å². The van der Waals surface area contributed by atoms with Crippen LogP contribution in [0.5, 0.6) is 0 Å². The predicted octanol–water partition coefficient (Wildman–Crippen LogP) is 2.24. The van der Waals surface area contributed by atoms with Crippen LogP contribution in [0.4, 0.5) is 5.69 Å². The van der Waals surface area contributed by atoms with E-state index in [1.54, 1.807) is 23.1 Å². The molecule has 2 heterocycles. The van der Waals surface area contributed by atoms with Gasteiger partial charge in [0.05, 0.1) is 0 Å². The lowest BCUT2D eigenvalue weighted by molar-refractivity contribution is -0.134. The van der Waals surface area contributed by atoms with Gasteiger partial charge < -0.3 is 14.5 Å². The van der Waals surface area contributed by atoms with Crippen molar-refractivity contribution >= 4 is 29.2 Å². The van der Waals surface area contributed by atoms with Crippen molar-refractivity contribution in [3.05, 3.63) is 59.4 Å². The molecule has 6 nitrogen and oxygen atoms in total. The zero-order valence-electron chi connectivity index (χ0n) is 13.6. The lowest BCUT2D eigenvalue weighted by Crippen LogP contribution is -2.49. The Bertz CT molecular complexity index is 746. The van der Waals surface area contributed by atoms with E-state index in [4.69, 9.17) is 16.3 Å². The molecular formula is C18H18ClN3O3. The summed E-state index contributed by atoms with van der Waals surface area (Å²) in [5, 5.41) is 0.692. The monoisotopic (exact) mass is 359 g/mol. The summed E-state index contributed by atoms with van der Waals surface area (Å²) in [4.78, 5) is 31.8. The minimum Gasteiger partial charge on any atom is -0.451 e. The summed E-state index contributed by atoms with van der Waals surface area (Å²) in [6.07, 6.45) is 1.51. The van der Waals surface area contributed by atoms with Gasteiger partial charge >= 0.3 is 5.97 Å². The number of rotatable bonds is 4. The van der Waals surface area contributed by atoms with Gasteiger partial charge in [-0.15, -0.1) is 0 Å². The largest absolute Gasteiger partial charge is 0.451 e. The van der Waals surface area contributed by atoms with Crippen LogP contribution in [0.25, 0.3) is 0 Å². The van der Waals surface area contributed by atoms with Gasteiger partial charge in [-0.25, -0.2) is 9.78 Å². The Balaban J connectivity index is 1.48. The molecule has 2 aromatic rings. The van der Waals surface area contributed by atoms with Gasteiger partial charge in [0.15, 0.2) is 6.61 Å². The highest BCUT2D eigenvalue weighted by Crippen LogP contribution is 2.20. The molecule has 130 valence electrons. The van der Waals surface area contributed by atoms with Gasteiger partial charge in [-0.05, 0) is 30.3 Å². The summed E-state index contributed by atoms with van der Waals surface area (Å²) >= 11 is 6.02. The van der Waals surface area contributed by atoms with Gasteiger partial charge in [0.25, 0.3) is 5.91 Å². The van der Waals surface area contributed by atoms with Gasteiger partial charge in [-0.2, -0.15) is 0 Å². The van der Waals surface area contributed by atoms with Crippen molar-refractivity contribution in [2.24, 2.45) is 0 Å². The summed E-state index contributed by atoms with van der Waals surface area (Å²) < 4.78 is 5.05. The molecule has 0 atom stereocenters. The number of carbonyl (C=O) groups is 2. The van der Waals surface area contributed by atoms with Crippen LogP contribution in [-0.4, -0.2) is 54.5 Å². The maximum absolute atomic E-state index is 12.2. The molecule has 0 radical (unpaired) electrons. The normalized spacial score (nSPS) is 14.3. The first kappa shape index (κ1) is 17.2. The quantitative estimate of drug-likeness (QED) is 0.783. The van der Waals surface area contributed by atoms with E-state index in [1.165, 1.54) is 6.20 Å². The summed E-state index contributed by atoms with van der Waals surface area (Å²) in [7, 11) is 0. The van der Waals surface area contributed by atoms with Crippen molar-refractivity contribution in [2.45, 2.75) is 0 Å². The van der Waals surface area contributed by atoms with E-state index in [1.807, 2.05) is 24.3 Å². The minimum absolute atomic E-state index is 0.195. The molecule has 1 fully saturated rings. The SMILES string of the molecule is O=C(OCC(=O)N1CCN(c2cccc(Cl)c2)CC1)c1ccccn1. The molecule has 0 spiro atoms. The van der Waals surface area contributed by atoms with Crippen molar-refractivity contribution in [3.63, 3.8) is 0 Å². The Hall–Kier alpha value is -2.60. The average molecular weight is 360 g/mol. The number of hydrogen-bond donors (Lipinski definition) is 0. The average Bonchev–Trinajstić information content (AvgIpc) is 2.66. The molecule has 0 N–H and O–H groups in total. The molecule has 3 rings (SSSR count). The third-order valence-electron chi connectivity index (χ3n) is 4.01. The fourth-order valence-corrected chi connectivity index (χ4v) is 2.85. The smallest absolute Gasteiger partial charge is 0.357 e. The molecule has 25 heavy (non-hydrogen) atoms. The fraction of sp³-hybridized carbons (Fsp3) is 0.278. The number of aromatic nitrogens is 1. The standard InChI is InChI=1S/C18H18ClN3O3/c19-14-4-3-5-15(12-14)21-8-10-22(11-9-21)17(23)13-25-18(24)16-6-1-2-7-20-16/h1-7,12H,8-11,13H2. The Kier molecular flexibility index (Phi) is 5.50. The molecule has 1 amide bonds.